The second-order valence-corrected chi connectivity index (χ2v) is 4.80. The van der Waals surface area contributed by atoms with Gasteiger partial charge in [0.15, 0.2) is 0 Å². The van der Waals surface area contributed by atoms with Crippen LogP contribution in [-0.4, -0.2) is 23.8 Å². The largest absolute Gasteiger partial charge is 0.399 e. The number of halogens is 5. The van der Waals surface area contributed by atoms with Gasteiger partial charge in [-0.25, -0.2) is 8.78 Å². The number of rotatable bonds is 4. The molecule has 1 atom stereocenters. The second-order valence-electron chi connectivity index (χ2n) is 4.80. The molecule has 6 heteroatoms. The molecule has 1 nitrogen and oxygen atoms in total. The van der Waals surface area contributed by atoms with Gasteiger partial charge in [-0.2, -0.15) is 13.2 Å². The zero-order valence-electron chi connectivity index (χ0n) is 9.75. The summed E-state index contributed by atoms with van der Waals surface area (Å²) in [6.45, 7) is 2.39. The monoisotopic (exact) mass is 248 g/mol. The van der Waals surface area contributed by atoms with E-state index in [1.165, 1.54) is 0 Å². The van der Waals surface area contributed by atoms with Crippen LogP contribution in [0.1, 0.15) is 34.1 Å². The van der Waals surface area contributed by atoms with Crippen molar-refractivity contribution in [3.63, 3.8) is 0 Å². The molecule has 0 aromatic heterocycles. The summed E-state index contributed by atoms with van der Waals surface area (Å²) in [5.74, 6) is -4.04. The summed E-state index contributed by atoms with van der Waals surface area (Å²) in [6, 6.07) is 0. The van der Waals surface area contributed by atoms with Crippen LogP contribution in [0.2, 0.25) is 0 Å². The molecule has 16 heavy (non-hydrogen) atoms. The van der Waals surface area contributed by atoms with Crippen molar-refractivity contribution < 1.29 is 27.1 Å². The van der Waals surface area contributed by atoms with Gasteiger partial charge in [-0.1, -0.05) is 20.8 Å². The van der Waals surface area contributed by atoms with E-state index >= 15 is 0 Å². The van der Waals surface area contributed by atoms with Gasteiger partial charge in [0.05, 0.1) is 12.0 Å². The van der Waals surface area contributed by atoms with Gasteiger partial charge < -0.3 is 5.11 Å². The van der Waals surface area contributed by atoms with Gasteiger partial charge in [0, 0.05) is 0 Å². The van der Waals surface area contributed by atoms with Crippen LogP contribution >= 0.6 is 0 Å². The highest BCUT2D eigenvalue weighted by atomic mass is 19.4. The summed E-state index contributed by atoms with van der Waals surface area (Å²) in [4.78, 5) is 0. The van der Waals surface area contributed by atoms with Crippen LogP contribution in [0.3, 0.4) is 0 Å². The Morgan fingerprint density at radius 3 is 1.50 bits per heavy atom. The SMILES string of the molecule is CCC(C)(C(F)(F)F)C(F)(F)C(C)(C)CO. The van der Waals surface area contributed by atoms with E-state index in [0.29, 0.717) is 6.92 Å². The zero-order valence-corrected chi connectivity index (χ0v) is 9.75. The van der Waals surface area contributed by atoms with E-state index in [1.54, 1.807) is 0 Å². The Labute approximate surface area is 91.6 Å². The van der Waals surface area contributed by atoms with E-state index in [4.69, 9.17) is 5.11 Å². The van der Waals surface area contributed by atoms with Gasteiger partial charge in [-0.15, -0.1) is 0 Å². The Bertz CT molecular complexity index is 246. The Morgan fingerprint density at radius 2 is 1.31 bits per heavy atom. The number of hydrogen-bond donors (Lipinski definition) is 1. The van der Waals surface area contributed by atoms with Crippen LogP contribution in [0.25, 0.3) is 0 Å². The topological polar surface area (TPSA) is 20.2 Å². The van der Waals surface area contributed by atoms with Crippen LogP contribution < -0.4 is 0 Å². The molecule has 0 aliphatic heterocycles. The van der Waals surface area contributed by atoms with Crippen molar-refractivity contribution in [3.8, 4) is 0 Å². The fourth-order valence-corrected chi connectivity index (χ4v) is 1.45. The molecule has 0 saturated carbocycles. The molecule has 0 aliphatic rings. The van der Waals surface area contributed by atoms with E-state index in [9.17, 15) is 22.0 Å². The minimum atomic E-state index is -5.02. The predicted molar refractivity (Wildman–Crippen MR) is 50.3 cm³/mol. The van der Waals surface area contributed by atoms with Gasteiger partial charge in [0.1, 0.15) is 5.41 Å². The van der Waals surface area contributed by atoms with E-state index in [-0.39, 0.29) is 0 Å². The van der Waals surface area contributed by atoms with Crippen molar-refractivity contribution in [3.05, 3.63) is 0 Å². The fourth-order valence-electron chi connectivity index (χ4n) is 1.45. The molecular weight excluding hydrogens is 231 g/mol. The number of aliphatic hydroxyl groups is 1. The molecule has 0 saturated heterocycles. The van der Waals surface area contributed by atoms with Gasteiger partial charge in [0.2, 0.25) is 0 Å². The number of hydrogen-bond acceptors (Lipinski definition) is 1. The first kappa shape index (κ1) is 15.6. The van der Waals surface area contributed by atoms with Crippen molar-refractivity contribution in [2.45, 2.75) is 46.2 Å². The number of alkyl halides is 5. The van der Waals surface area contributed by atoms with Gasteiger partial charge in [0.25, 0.3) is 5.92 Å². The minimum Gasteiger partial charge on any atom is -0.396 e. The molecule has 0 amide bonds. The molecule has 0 heterocycles. The molecule has 0 bridgehead atoms. The van der Waals surface area contributed by atoms with Crippen LogP contribution in [0.4, 0.5) is 22.0 Å². The molecule has 0 radical (unpaired) electrons. The lowest BCUT2D eigenvalue weighted by atomic mass is 9.68. The van der Waals surface area contributed by atoms with Gasteiger partial charge in [-0.05, 0) is 13.3 Å². The predicted octanol–water partition coefficient (Wildman–Crippen LogP) is 3.62. The first-order chi connectivity index (χ1) is 6.87. The van der Waals surface area contributed by atoms with Crippen LogP contribution in [-0.2, 0) is 0 Å². The van der Waals surface area contributed by atoms with Crippen LogP contribution in [0, 0.1) is 10.8 Å². The zero-order chi connectivity index (χ0) is 13.4. The Hall–Kier alpha value is -0.390. The molecule has 0 aliphatic carbocycles. The lowest BCUT2D eigenvalue weighted by Crippen LogP contribution is -2.57. The number of aliphatic hydroxyl groups excluding tert-OH is 1. The Balaban J connectivity index is 5.58. The lowest BCUT2D eigenvalue weighted by molar-refractivity contribution is -0.324. The van der Waals surface area contributed by atoms with Gasteiger partial charge >= 0.3 is 6.18 Å². The van der Waals surface area contributed by atoms with Crippen LogP contribution in [0.15, 0.2) is 0 Å². The summed E-state index contributed by atoms with van der Waals surface area (Å²) >= 11 is 0. The molecule has 0 fully saturated rings. The van der Waals surface area contributed by atoms with Crippen molar-refractivity contribution in [2.24, 2.45) is 10.8 Å². The maximum atomic E-state index is 13.9. The molecule has 0 spiro atoms. The van der Waals surface area contributed by atoms with Crippen molar-refractivity contribution in [2.75, 3.05) is 6.61 Å². The first-order valence-corrected chi connectivity index (χ1v) is 4.93. The van der Waals surface area contributed by atoms with Crippen molar-refractivity contribution in [1.29, 1.82) is 0 Å². The molecule has 1 unspecified atom stereocenters. The Morgan fingerprint density at radius 1 is 0.938 bits per heavy atom. The standard InChI is InChI=1S/C10H17F5O/c1-5-8(4,10(13,14)15)9(11,12)7(2,3)6-16/h16H,5-6H2,1-4H3. The molecule has 0 rings (SSSR count). The quantitative estimate of drug-likeness (QED) is 0.753. The highest BCUT2D eigenvalue weighted by molar-refractivity contribution is 5.01. The summed E-state index contributed by atoms with van der Waals surface area (Å²) in [5, 5.41) is 8.81. The van der Waals surface area contributed by atoms with Crippen LogP contribution in [0.5, 0.6) is 0 Å². The lowest BCUT2D eigenvalue weighted by Gasteiger charge is -2.45. The maximum absolute atomic E-state index is 13.9. The molecular formula is C10H17F5O. The molecule has 98 valence electrons. The molecule has 0 aromatic carbocycles. The summed E-state index contributed by atoms with van der Waals surface area (Å²) in [7, 11) is 0. The maximum Gasteiger partial charge on any atom is 0.399 e. The average molecular weight is 248 g/mol. The molecule has 1 N–H and O–H groups in total. The van der Waals surface area contributed by atoms with E-state index in [1.807, 2.05) is 0 Å². The summed E-state index contributed by atoms with van der Waals surface area (Å²) < 4.78 is 65.8. The van der Waals surface area contributed by atoms with Gasteiger partial charge in [-0.3, -0.25) is 0 Å². The smallest absolute Gasteiger partial charge is 0.396 e. The van der Waals surface area contributed by atoms with E-state index < -0.39 is 36.0 Å². The minimum absolute atomic E-state index is 0.490. The first-order valence-electron chi connectivity index (χ1n) is 4.93. The third-order valence-corrected chi connectivity index (χ3v) is 3.27. The molecule has 0 aromatic rings. The Kier molecular flexibility index (Phi) is 4.03. The third kappa shape index (κ3) is 2.04. The van der Waals surface area contributed by atoms with Crippen molar-refractivity contribution in [1.82, 2.24) is 0 Å². The highest BCUT2D eigenvalue weighted by Crippen LogP contribution is 2.57. The van der Waals surface area contributed by atoms with E-state index in [0.717, 1.165) is 20.8 Å². The highest BCUT2D eigenvalue weighted by Gasteiger charge is 2.69. The van der Waals surface area contributed by atoms with E-state index in [2.05, 4.69) is 0 Å². The third-order valence-electron chi connectivity index (χ3n) is 3.27. The normalized spacial score (nSPS) is 18.4. The van der Waals surface area contributed by atoms with Crippen molar-refractivity contribution >= 4 is 0 Å². The fraction of sp³-hybridized carbons (Fsp3) is 1.00. The summed E-state index contributed by atoms with van der Waals surface area (Å²) in [6.07, 6.45) is -5.76. The second kappa shape index (κ2) is 4.13. The average Bonchev–Trinajstić information content (AvgIpc) is 2.14. The summed E-state index contributed by atoms with van der Waals surface area (Å²) in [5.41, 5.74) is -5.25.